The maximum atomic E-state index is 12.8. The molecule has 2 amide bonds. The first kappa shape index (κ1) is 15.7. The van der Waals surface area contributed by atoms with Gasteiger partial charge in [0.15, 0.2) is 0 Å². The zero-order valence-corrected chi connectivity index (χ0v) is 13.0. The summed E-state index contributed by atoms with van der Waals surface area (Å²) < 4.78 is 12.8. The SMILES string of the molecule is O=C(NCc1ccc(F)cc1)Nc1ccc(-c2ccccc2)cc1. The lowest BCUT2D eigenvalue weighted by molar-refractivity contribution is 0.251. The molecule has 3 rings (SSSR count). The molecule has 0 saturated carbocycles. The number of rotatable bonds is 4. The van der Waals surface area contributed by atoms with Gasteiger partial charge in [-0.2, -0.15) is 0 Å². The summed E-state index contributed by atoms with van der Waals surface area (Å²) in [7, 11) is 0. The van der Waals surface area contributed by atoms with Gasteiger partial charge >= 0.3 is 6.03 Å². The molecule has 3 aromatic carbocycles. The average molecular weight is 320 g/mol. The Hall–Kier alpha value is -3.14. The third kappa shape index (κ3) is 4.20. The number of anilines is 1. The van der Waals surface area contributed by atoms with Crippen molar-refractivity contribution >= 4 is 11.7 Å². The first-order valence-corrected chi connectivity index (χ1v) is 7.65. The molecule has 3 nitrogen and oxygen atoms in total. The van der Waals surface area contributed by atoms with E-state index in [2.05, 4.69) is 10.6 Å². The Morgan fingerprint density at radius 2 is 1.42 bits per heavy atom. The zero-order chi connectivity index (χ0) is 16.8. The highest BCUT2D eigenvalue weighted by molar-refractivity contribution is 5.89. The summed E-state index contributed by atoms with van der Waals surface area (Å²) in [6.07, 6.45) is 0. The zero-order valence-electron chi connectivity index (χ0n) is 13.0. The standard InChI is InChI=1S/C20H17FN2O/c21-18-10-6-15(7-11-18)14-22-20(24)23-19-12-8-17(9-13-19)16-4-2-1-3-5-16/h1-13H,14H2,(H2,22,23,24). The van der Waals surface area contributed by atoms with E-state index in [9.17, 15) is 9.18 Å². The maximum Gasteiger partial charge on any atom is 0.319 e. The van der Waals surface area contributed by atoms with Gasteiger partial charge in [0.2, 0.25) is 0 Å². The molecule has 0 aliphatic heterocycles. The van der Waals surface area contributed by atoms with Gasteiger partial charge in [0.05, 0.1) is 0 Å². The van der Waals surface area contributed by atoms with Crippen LogP contribution in [0.5, 0.6) is 0 Å². The molecule has 0 radical (unpaired) electrons. The van der Waals surface area contributed by atoms with Crippen molar-refractivity contribution in [2.75, 3.05) is 5.32 Å². The van der Waals surface area contributed by atoms with E-state index in [-0.39, 0.29) is 11.8 Å². The molecule has 0 fully saturated rings. The predicted octanol–water partition coefficient (Wildman–Crippen LogP) is 4.81. The van der Waals surface area contributed by atoms with Crippen LogP contribution >= 0.6 is 0 Å². The normalized spacial score (nSPS) is 10.2. The molecular weight excluding hydrogens is 303 g/mol. The summed E-state index contributed by atoms with van der Waals surface area (Å²) >= 11 is 0. The molecule has 4 heteroatoms. The van der Waals surface area contributed by atoms with Crippen LogP contribution in [0, 0.1) is 5.82 Å². The van der Waals surface area contributed by atoms with E-state index >= 15 is 0 Å². The lowest BCUT2D eigenvalue weighted by Crippen LogP contribution is -2.28. The molecule has 2 N–H and O–H groups in total. The molecule has 0 saturated heterocycles. The van der Waals surface area contributed by atoms with E-state index < -0.39 is 0 Å². The first-order valence-electron chi connectivity index (χ1n) is 7.65. The van der Waals surface area contributed by atoms with Gasteiger partial charge in [-0.1, -0.05) is 54.6 Å². The second-order valence-corrected chi connectivity index (χ2v) is 5.38. The fraction of sp³-hybridized carbons (Fsp3) is 0.0500. The van der Waals surface area contributed by atoms with Crippen LogP contribution in [0.3, 0.4) is 0 Å². The van der Waals surface area contributed by atoms with Crippen molar-refractivity contribution in [3.05, 3.63) is 90.2 Å². The Bertz CT molecular complexity index is 799. The maximum absolute atomic E-state index is 12.8. The third-order valence-electron chi connectivity index (χ3n) is 3.62. The number of benzene rings is 3. The molecular formula is C20H17FN2O. The summed E-state index contributed by atoms with van der Waals surface area (Å²) in [5.41, 5.74) is 3.77. The summed E-state index contributed by atoms with van der Waals surface area (Å²) in [6, 6.07) is 23.4. The molecule has 0 spiro atoms. The highest BCUT2D eigenvalue weighted by Gasteiger charge is 2.03. The number of hydrogen-bond donors (Lipinski definition) is 2. The van der Waals surface area contributed by atoms with Gasteiger partial charge in [-0.25, -0.2) is 9.18 Å². The molecule has 0 aliphatic rings. The van der Waals surface area contributed by atoms with Gasteiger partial charge < -0.3 is 10.6 Å². The highest BCUT2D eigenvalue weighted by atomic mass is 19.1. The van der Waals surface area contributed by atoms with Crippen molar-refractivity contribution in [1.82, 2.24) is 5.32 Å². The van der Waals surface area contributed by atoms with Crippen molar-refractivity contribution in [2.45, 2.75) is 6.54 Å². The van der Waals surface area contributed by atoms with Crippen LogP contribution in [0.4, 0.5) is 14.9 Å². The second kappa shape index (κ2) is 7.42. The van der Waals surface area contributed by atoms with Crippen molar-refractivity contribution < 1.29 is 9.18 Å². The number of hydrogen-bond acceptors (Lipinski definition) is 1. The van der Waals surface area contributed by atoms with E-state index in [0.717, 1.165) is 16.7 Å². The number of carbonyl (C=O) groups is 1. The van der Waals surface area contributed by atoms with E-state index in [4.69, 9.17) is 0 Å². The van der Waals surface area contributed by atoms with Crippen LogP contribution in [0.1, 0.15) is 5.56 Å². The molecule has 24 heavy (non-hydrogen) atoms. The number of halogens is 1. The van der Waals surface area contributed by atoms with Gasteiger partial charge in [0, 0.05) is 12.2 Å². The van der Waals surface area contributed by atoms with Crippen LogP contribution in [0.25, 0.3) is 11.1 Å². The van der Waals surface area contributed by atoms with Crippen molar-refractivity contribution in [3.8, 4) is 11.1 Å². The smallest absolute Gasteiger partial charge is 0.319 e. The summed E-state index contributed by atoms with van der Waals surface area (Å²) in [5.74, 6) is -0.290. The van der Waals surface area contributed by atoms with Gasteiger partial charge in [0.1, 0.15) is 5.82 Å². The minimum atomic E-state index is -0.299. The highest BCUT2D eigenvalue weighted by Crippen LogP contribution is 2.20. The Morgan fingerprint density at radius 1 is 0.792 bits per heavy atom. The van der Waals surface area contributed by atoms with E-state index in [0.29, 0.717) is 12.2 Å². The van der Waals surface area contributed by atoms with Crippen LogP contribution in [-0.2, 0) is 6.54 Å². The van der Waals surface area contributed by atoms with E-state index in [1.54, 1.807) is 12.1 Å². The number of urea groups is 1. The predicted molar refractivity (Wildman–Crippen MR) is 94.1 cm³/mol. The number of nitrogens with one attached hydrogen (secondary N) is 2. The molecule has 0 heterocycles. The summed E-state index contributed by atoms with van der Waals surface area (Å²) in [4.78, 5) is 11.9. The average Bonchev–Trinajstić information content (AvgIpc) is 2.63. The van der Waals surface area contributed by atoms with Crippen LogP contribution in [0.2, 0.25) is 0 Å². The minimum Gasteiger partial charge on any atom is -0.334 e. The van der Waals surface area contributed by atoms with Crippen molar-refractivity contribution in [3.63, 3.8) is 0 Å². The van der Waals surface area contributed by atoms with Crippen LogP contribution in [-0.4, -0.2) is 6.03 Å². The van der Waals surface area contributed by atoms with Crippen molar-refractivity contribution in [1.29, 1.82) is 0 Å². The monoisotopic (exact) mass is 320 g/mol. The minimum absolute atomic E-state index is 0.290. The van der Waals surface area contributed by atoms with Gasteiger partial charge in [0.25, 0.3) is 0 Å². The Kier molecular flexibility index (Phi) is 4.87. The Morgan fingerprint density at radius 3 is 2.08 bits per heavy atom. The van der Waals surface area contributed by atoms with Crippen LogP contribution < -0.4 is 10.6 Å². The van der Waals surface area contributed by atoms with Gasteiger partial charge in [-0.15, -0.1) is 0 Å². The molecule has 0 aromatic heterocycles. The second-order valence-electron chi connectivity index (χ2n) is 5.38. The molecule has 120 valence electrons. The number of amides is 2. The Labute approximate surface area is 140 Å². The lowest BCUT2D eigenvalue weighted by atomic mass is 10.1. The largest absolute Gasteiger partial charge is 0.334 e. The molecule has 0 aliphatic carbocycles. The third-order valence-corrected chi connectivity index (χ3v) is 3.62. The van der Waals surface area contributed by atoms with Gasteiger partial charge in [-0.05, 0) is 41.0 Å². The summed E-state index contributed by atoms with van der Waals surface area (Å²) in [5, 5.41) is 5.52. The van der Waals surface area contributed by atoms with E-state index in [1.807, 2.05) is 54.6 Å². The molecule has 3 aromatic rings. The number of carbonyl (C=O) groups excluding carboxylic acids is 1. The topological polar surface area (TPSA) is 41.1 Å². The molecule has 0 unspecified atom stereocenters. The van der Waals surface area contributed by atoms with E-state index in [1.165, 1.54) is 12.1 Å². The first-order chi connectivity index (χ1) is 11.7. The fourth-order valence-electron chi connectivity index (χ4n) is 2.34. The Balaban J connectivity index is 1.55. The molecule has 0 bridgehead atoms. The fourth-order valence-corrected chi connectivity index (χ4v) is 2.34. The van der Waals surface area contributed by atoms with Crippen molar-refractivity contribution in [2.24, 2.45) is 0 Å². The van der Waals surface area contributed by atoms with Gasteiger partial charge in [-0.3, -0.25) is 0 Å². The summed E-state index contributed by atoms with van der Waals surface area (Å²) in [6.45, 7) is 0.341. The van der Waals surface area contributed by atoms with Crippen LogP contribution in [0.15, 0.2) is 78.9 Å². The lowest BCUT2D eigenvalue weighted by Gasteiger charge is -2.09. The molecule has 0 atom stereocenters. The quantitative estimate of drug-likeness (QED) is 0.711.